The van der Waals surface area contributed by atoms with Gasteiger partial charge < -0.3 is 14.8 Å². The van der Waals surface area contributed by atoms with Gasteiger partial charge in [0.05, 0.1) is 11.6 Å². The Morgan fingerprint density at radius 2 is 1.71 bits per heavy atom. The molecule has 1 saturated carbocycles. The van der Waals surface area contributed by atoms with E-state index in [9.17, 15) is 4.79 Å². The highest BCUT2D eigenvalue weighted by Crippen LogP contribution is 2.42. The first kappa shape index (κ1) is 22.8. The Bertz CT molecular complexity index is 1190. The van der Waals surface area contributed by atoms with Gasteiger partial charge in [-0.1, -0.05) is 69.3 Å². The van der Waals surface area contributed by atoms with E-state index in [0.29, 0.717) is 12.0 Å². The van der Waals surface area contributed by atoms with Crippen molar-refractivity contribution in [2.45, 2.75) is 65.0 Å². The van der Waals surface area contributed by atoms with E-state index >= 15 is 0 Å². The molecule has 2 aliphatic rings. The fourth-order valence-electron chi connectivity index (χ4n) is 5.54. The Hall–Kier alpha value is -3.01. The number of nitrogens with one attached hydrogen (secondary N) is 1. The van der Waals surface area contributed by atoms with E-state index in [1.54, 1.807) is 0 Å². The van der Waals surface area contributed by atoms with Crippen molar-refractivity contribution >= 4 is 16.9 Å². The van der Waals surface area contributed by atoms with Gasteiger partial charge in [0, 0.05) is 5.56 Å². The maximum Gasteiger partial charge on any atom is 0.408 e. The minimum atomic E-state index is -0.515. The van der Waals surface area contributed by atoms with Gasteiger partial charge in [-0.3, -0.25) is 0 Å². The standard InChI is InChI=1S/C30H35NO3/c1-29(2,3)22-11-14-24(15-12-22)34-26-17-10-21-18-23(30(4)19-33-28(32)31-30)13-16-25(21)27(26)20-8-6-5-7-9-20/h5-10,13,16-18,22,24H,11-12,14-15,19H2,1-4H3,(H,31,32)/t22?,24?,30-/m0/s1. The van der Waals surface area contributed by atoms with Crippen LogP contribution in [0.1, 0.15) is 58.9 Å². The molecule has 0 radical (unpaired) electrons. The quantitative estimate of drug-likeness (QED) is 0.443. The monoisotopic (exact) mass is 457 g/mol. The molecule has 34 heavy (non-hydrogen) atoms. The van der Waals surface area contributed by atoms with Crippen LogP contribution < -0.4 is 10.1 Å². The SMILES string of the molecule is CC(C)(C)C1CCC(Oc2ccc3cc([C@]4(C)COC(=O)N4)ccc3c2-c2ccccc2)CC1. The zero-order valence-electron chi connectivity index (χ0n) is 20.7. The Morgan fingerprint density at radius 3 is 2.35 bits per heavy atom. The summed E-state index contributed by atoms with van der Waals surface area (Å²) in [6.07, 6.45) is 4.53. The minimum absolute atomic E-state index is 0.252. The molecule has 0 spiro atoms. The van der Waals surface area contributed by atoms with Gasteiger partial charge in [0.1, 0.15) is 12.4 Å². The van der Waals surface area contributed by atoms with Gasteiger partial charge in [0.2, 0.25) is 0 Å². The van der Waals surface area contributed by atoms with Crippen LogP contribution in [0, 0.1) is 11.3 Å². The number of carbonyl (C=O) groups excluding carboxylic acids is 1. The summed E-state index contributed by atoms with van der Waals surface area (Å²) >= 11 is 0. The topological polar surface area (TPSA) is 47.6 Å². The van der Waals surface area contributed by atoms with Crippen LogP contribution in [0.4, 0.5) is 4.79 Å². The predicted molar refractivity (Wildman–Crippen MR) is 137 cm³/mol. The zero-order valence-corrected chi connectivity index (χ0v) is 20.7. The molecule has 1 heterocycles. The van der Waals surface area contributed by atoms with E-state index in [0.717, 1.165) is 52.0 Å². The van der Waals surface area contributed by atoms with Crippen molar-refractivity contribution in [3.05, 3.63) is 66.2 Å². The van der Waals surface area contributed by atoms with Crippen LogP contribution in [0.5, 0.6) is 5.75 Å². The van der Waals surface area contributed by atoms with E-state index in [2.05, 4.69) is 80.7 Å². The second-order valence-corrected chi connectivity index (χ2v) is 11.2. The maximum atomic E-state index is 11.7. The molecular weight excluding hydrogens is 422 g/mol. The van der Waals surface area contributed by atoms with Crippen molar-refractivity contribution in [3.8, 4) is 16.9 Å². The van der Waals surface area contributed by atoms with Gasteiger partial charge in [0.15, 0.2) is 0 Å². The third-order valence-electron chi connectivity index (χ3n) is 7.74. The molecule has 4 heteroatoms. The summed E-state index contributed by atoms with van der Waals surface area (Å²) in [5, 5.41) is 5.24. The third kappa shape index (κ3) is 4.38. The number of ether oxygens (including phenoxy) is 2. The molecule has 1 amide bonds. The van der Waals surface area contributed by atoms with Gasteiger partial charge in [-0.05, 0) is 78.0 Å². The van der Waals surface area contributed by atoms with Gasteiger partial charge in [-0.15, -0.1) is 0 Å². The van der Waals surface area contributed by atoms with Gasteiger partial charge in [-0.2, -0.15) is 0 Å². The lowest BCUT2D eigenvalue weighted by atomic mass is 9.72. The lowest BCUT2D eigenvalue weighted by Gasteiger charge is -2.37. The lowest BCUT2D eigenvalue weighted by molar-refractivity contribution is 0.0887. The number of alkyl carbamates (subject to hydrolysis) is 1. The summed E-state index contributed by atoms with van der Waals surface area (Å²) < 4.78 is 11.9. The second-order valence-electron chi connectivity index (χ2n) is 11.2. The van der Waals surface area contributed by atoms with Gasteiger partial charge >= 0.3 is 6.09 Å². The molecule has 1 N–H and O–H groups in total. The minimum Gasteiger partial charge on any atom is -0.490 e. The Kier molecular flexibility index (Phi) is 5.79. The summed E-state index contributed by atoms with van der Waals surface area (Å²) in [7, 11) is 0. The fourth-order valence-corrected chi connectivity index (χ4v) is 5.54. The number of benzene rings is 3. The number of fused-ring (bicyclic) bond motifs is 1. The second kappa shape index (κ2) is 8.65. The molecule has 1 atom stereocenters. The predicted octanol–water partition coefficient (Wildman–Crippen LogP) is 7.45. The number of amides is 1. The van der Waals surface area contributed by atoms with E-state index in [1.165, 1.54) is 12.8 Å². The smallest absolute Gasteiger partial charge is 0.408 e. The molecule has 4 nitrogen and oxygen atoms in total. The molecular formula is C30H35NO3. The number of hydrogen-bond acceptors (Lipinski definition) is 3. The zero-order chi connectivity index (χ0) is 23.9. The number of rotatable bonds is 4. The van der Waals surface area contributed by atoms with Crippen molar-refractivity contribution in [2.75, 3.05) is 6.61 Å². The molecule has 2 fully saturated rings. The van der Waals surface area contributed by atoms with Crippen LogP contribution in [-0.4, -0.2) is 18.8 Å². The van der Waals surface area contributed by atoms with Crippen molar-refractivity contribution in [1.82, 2.24) is 5.32 Å². The molecule has 0 unspecified atom stereocenters. The first-order valence-corrected chi connectivity index (χ1v) is 12.5. The molecule has 5 rings (SSSR count). The van der Waals surface area contributed by atoms with Crippen LogP contribution in [0.25, 0.3) is 21.9 Å². The summed E-state index contributed by atoms with van der Waals surface area (Å²) in [5.41, 5.74) is 3.18. The van der Waals surface area contributed by atoms with Crippen molar-refractivity contribution < 1.29 is 14.3 Å². The van der Waals surface area contributed by atoms with Crippen LogP contribution in [-0.2, 0) is 10.3 Å². The molecule has 178 valence electrons. The van der Waals surface area contributed by atoms with Crippen LogP contribution in [0.2, 0.25) is 0 Å². The highest BCUT2D eigenvalue weighted by Gasteiger charge is 2.37. The van der Waals surface area contributed by atoms with E-state index in [4.69, 9.17) is 9.47 Å². The first-order valence-electron chi connectivity index (χ1n) is 12.5. The average Bonchev–Trinajstić information content (AvgIpc) is 3.18. The summed E-state index contributed by atoms with van der Waals surface area (Å²) in [6.45, 7) is 9.40. The fraction of sp³-hybridized carbons (Fsp3) is 0.433. The number of cyclic esters (lactones) is 1. The van der Waals surface area contributed by atoms with Crippen molar-refractivity contribution in [3.63, 3.8) is 0 Å². The van der Waals surface area contributed by atoms with Crippen molar-refractivity contribution in [2.24, 2.45) is 11.3 Å². The van der Waals surface area contributed by atoms with Gasteiger partial charge in [0.25, 0.3) is 0 Å². The molecule has 1 aliphatic carbocycles. The summed E-state index contributed by atoms with van der Waals surface area (Å²) in [4.78, 5) is 11.7. The molecule has 0 aromatic heterocycles. The molecule has 1 saturated heterocycles. The summed E-state index contributed by atoms with van der Waals surface area (Å²) in [6, 6.07) is 21.2. The van der Waals surface area contributed by atoms with Gasteiger partial charge in [-0.25, -0.2) is 4.79 Å². The van der Waals surface area contributed by atoms with E-state index in [-0.39, 0.29) is 12.2 Å². The lowest BCUT2D eigenvalue weighted by Crippen LogP contribution is -2.37. The average molecular weight is 458 g/mol. The molecule has 1 aliphatic heterocycles. The number of hydrogen-bond donors (Lipinski definition) is 1. The Morgan fingerprint density at radius 1 is 0.971 bits per heavy atom. The normalized spacial score (nSPS) is 25.1. The van der Waals surface area contributed by atoms with Crippen LogP contribution in [0.3, 0.4) is 0 Å². The Labute approximate surface area is 202 Å². The van der Waals surface area contributed by atoms with Crippen LogP contribution >= 0.6 is 0 Å². The van der Waals surface area contributed by atoms with Crippen LogP contribution in [0.15, 0.2) is 60.7 Å². The highest BCUT2D eigenvalue weighted by molar-refractivity contribution is 6.00. The Balaban J connectivity index is 1.50. The molecule has 3 aromatic carbocycles. The first-order chi connectivity index (χ1) is 16.2. The van der Waals surface area contributed by atoms with Crippen molar-refractivity contribution in [1.29, 1.82) is 0 Å². The molecule has 0 bridgehead atoms. The molecule has 3 aromatic rings. The largest absolute Gasteiger partial charge is 0.490 e. The summed E-state index contributed by atoms with van der Waals surface area (Å²) in [5.74, 6) is 1.71. The van der Waals surface area contributed by atoms with E-state index in [1.807, 2.05) is 13.0 Å². The number of carbonyl (C=O) groups is 1. The highest BCUT2D eigenvalue weighted by atomic mass is 16.6. The third-order valence-corrected chi connectivity index (χ3v) is 7.74. The maximum absolute atomic E-state index is 11.7. The van der Waals surface area contributed by atoms with E-state index < -0.39 is 5.54 Å².